The van der Waals surface area contributed by atoms with Gasteiger partial charge in [0.25, 0.3) is 0 Å². The number of hydrogen-bond donors (Lipinski definition) is 5. The van der Waals surface area contributed by atoms with Crippen molar-refractivity contribution >= 4 is 11.9 Å². The third kappa shape index (κ3) is 13.0. The Balaban J connectivity index is 2.18. The van der Waals surface area contributed by atoms with E-state index in [0.29, 0.717) is 39.0 Å². The van der Waals surface area contributed by atoms with Gasteiger partial charge in [-0.05, 0) is 101 Å². The molecular formula is C44H83N3O13. The second-order valence-corrected chi connectivity index (χ2v) is 19.1. The number of carbonyl (C=O) groups excluding carboxylic acids is 2. The molecule has 0 unspecified atom stereocenters. The molecule has 3 rings (SSSR count). The Hall–Kier alpha value is -1.54. The Morgan fingerprint density at radius 2 is 1.62 bits per heavy atom. The molecule has 3 fully saturated rings. The number of ether oxygens (including phenoxy) is 7. The minimum Gasteiger partial charge on any atom is -0.459 e. The average Bonchev–Trinajstić information content (AvgIpc) is 3.17. The second-order valence-electron chi connectivity index (χ2n) is 19.1. The lowest BCUT2D eigenvalue weighted by molar-refractivity contribution is -0.321. The van der Waals surface area contributed by atoms with E-state index in [1.807, 2.05) is 53.7 Å². The molecule has 3 saturated heterocycles. The molecule has 1 amide bonds. The van der Waals surface area contributed by atoms with Crippen LogP contribution >= 0.6 is 0 Å². The molecule has 352 valence electrons. The fourth-order valence-corrected chi connectivity index (χ4v) is 9.55. The van der Waals surface area contributed by atoms with Gasteiger partial charge in [0, 0.05) is 57.6 Å². The molecule has 3 aliphatic rings. The second kappa shape index (κ2) is 22.4. The molecule has 0 aromatic rings. The standard InChI is InChI=1S/C44H83N3O13/c1-16-32-44(11,53)37(49)29(7)47(14)24-25(3)22-42(9,52)39(60-41-36(31(46(12)13)21-26(4)56-41)55-20-18-19-45-33(48)17-2)27(5)35(28(6)40(51)58-32)59-34-23-43(10,54-15)38(50)30(8)57-34/h25-32,34-39,41,49-50,52-53H,16-24H2,1-15H3,(H,45,48)/t25-,26-,27+,28-,29-,30+,31+,32-,34+,35+,36-,37-,38+,39-,41+,42-,43-,44-/m1/s1. The molecule has 3 heterocycles. The zero-order valence-corrected chi connectivity index (χ0v) is 39.4. The summed E-state index contributed by atoms with van der Waals surface area (Å²) in [5, 5.41) is 50.2. The van der Waals surface area contributed by atoms with E-state index in [1.165, 1.54) is 14.0 Å². The lowest BCUT2D eigenvalue weighted by atomic mass is 9.77. The highest BCUT2D eigenvalue weighted by atomic mass is 16.7. The van der Waals surface area contributed by atoms with Gasteiger partial charge in [0.2, 0.25) is 5.91 Å². The van der Waals surface area contributed by atoms with Crippen molar-refractivity contribution in [3.63, 3.8) is 0 Å². The number of cyclic esters (lactones) is 1. The Morgan fingerprint density at radius 3 is 2.20 bits per heavy atom. The number of aliphatic hydroxyl groups excluding tert-OH is 2. The summed E-state index contributed by atoms with van der Waals surface area (Å²) >= 11 is 0. The van der Waals surface area contributed by atoms with Gasteiger partial charge in [-0.15, -0.1) is 0 Å². The fourth-order valence-electron chi connectivity index (χ4n) is 9.55. The molecule has 0 bridgehead atoms. The number of rotatable bonds is 13. The van der Waals surface area contributed by atoms with Gasteiger partial charge in [0.05, 0.1) is 41.5 Å². The Kier molecular flexibility index (Phi) is 19.7. The Bertz CT molecular complexity index is 1340. The van der Waals surface area contributed by atoms with Gasteiger partial charge in [0.1, 0.15) is 30.0 Å². The van der Waals surface area contributed by atoms with Crippen molar-refractivity contribution in [3.05, 3.63) is 0 Å². The maximum atomic E-state index is 14.4. The van der Waals surface area contributed by atoms with Crippen LogP contribution in [0.1, 0.15) is 115 Å². The number of likely N-dealkylation sites (N-methyl/N-ethyl adjacent to an activating group) is 2. The number of methoxy groups -OCH3 is 1. The van der Waals surface area contributed by atoms with Gasteiger partial charge < -0.3 is 68.7 Å². The van der Waals surface area contributed by atoms with Crippen molar-refractivity contribution in [2.24, 2.45) is 17.8 Å². The maximum absolute atomic E-state index is 14.4. The highest BCUT2D eigenvalue weighted by Gasteiger charge is 2.53. The van der Waals surface area contributed by atoms with E-state index in [9.17, 15) is 30.0 Å². The lowest BCUT2D eigenvalue weighted by Gasteiger charge is -2.49. The zero-order valence-electron chi connectivity index (χ0n) is 39.4. The number of amides is 1. The van der Waals surface area contributed by atoms with Crippen molar-refractivity contribution in [1.29, 1.82) is 0 Å². The van der Waals surface area contributed by atoms with Crippen molar-refractivity contribution in [1.82, 2.24) is 15.1 Å². The molecule has 0 aromatic heterocycles. The van der Waals surface area contributed by atoms with E-state index in [1.54, 1.807) is 41.5 Å². The normalized spacial score (nSPS) is 44.5. The third-order valence-electron chi connectivity index (χ3n) is 13.5. The zero-order chi connectivity index (χ0) is 45.5. The van der Waals surface area contributed by atoms with Crippen LogP contribution < -0.4 is 5.32 Å². The van der Waals surface area contributed by atoms with Gasteiger partial charge in [-0.2, -0.15) is 0 Å². The summed E-state index contributed by atoms with van der Waals surface area (Å²) in [7, 11) is 7.32. The number of nitrogens with one attached hydrogen (secondary N) is 1. The van der Waals surface area contributed by atoms with Crippen LogP contribution in [0.15, 0.2) is 0 Å². The number of aliphatic hydroxyl groups is 4. The lowest BCUT2D eigenvalue weighted by Crippen LogP contribution is -2.61. The minimum absolute atomic E-state index is 0.0366. The van der Waals surface area contributed by atoms with E-state index in [4.69, 9.17) is 33.2 Å². The Morgan fingerprint density at radius 1 is 0.967 bits per heavy atom. The molecule has 0 spiro atoms. The van der Waals surface area contributed by atoms with E-state index in [2.05, 4.69) is 10.2 Å². The first-order valence-corrected chi connectivity index (χ1v) is 22.3. The van der Waals surface area contributed by atoms with Crippen LogP contribution in [-0.2, 0) is 42.7 Å². The fraction of sp³-hybridized carbons (Fsp3) is 0.955. The molecule has 18 atom stereocenters. The van der Waals surface area contributed by atoms with Crippen LogP contribution in [-0.4, -0.2) is 180 Å². The van der Waals surface area contributed by atoms with Gasteiger partial charge in [-0.3, -0.25) is 9.59 Å². The van der Waals surface area contributed by atoms with Gasteiger partial charge in [-0.1, -0.05) is 27.7 Å². The monoisotopic (exact) mass is 862 g/mol. The molecule has 16 heteroatoms. The van der Waals surface area contributed by atoms with Crippen molar-refractivity contribution < 1.29 is 63.2 Å². The largest absolute Gasteiger partial charge is 0.459 e. The van der Waals surface area contributed by atoms with Crippen LogP contribution in [0.5, 0.6) is 0 Å². The summed E-state index contributed by atoms with van der Waals surface area (Å²) in [6.45, 7) is 20.9. The first kappa shape index (κ1) is 52.8. The van der Waals surface area contributed by atoms with Crippen LogP contribution in [0.3, 0.4) is 0 Å². The first-order chi connectivity index (χ1) is 27.8. The van der Waals surface area contributed by atoms with E-state index >= 15 is 0 Å². The van der Waals surface area contributed by atoms with Crippen LogP contribution in [0.4, 0.5) is 0 Å². The van der Waals surface area contributed by atoms with E-state index < -0.39 is 96.0 Å². The van der Waals surface area contributed by atoms with E-state index in [0.717, 1.165) is 0 Å². The van der Waals surface area contributed by atoms with Crippen molar-refractivity contribution in [2.45, 2.75) is 205 Å². The molecule has 0 saturated carbocycles. The van der Waals surface area contributed by atoms with Crippen LogP contribution in [0.25, 0.3) is 0 Å². The molecule has 16 nitrogen and oxygen atoms in total. The summed E-state index contributed by atoms with van der Waals surface area (Å²) in [4.78, 5) is 30.3. The molecule has 60 heavy (non-hydrogen) atoms. The quantitative estimate of drug-likeness (QED) is 0.134. The SMILES string of the molecule is CCC(=O)NCCCO[C@H]1[C@H](O[C@@H]2[C@@H](C)[C@H](O[C@H]3C[C@@](C)(OC)[C@@H](O)[C@H](C)O3)[C@@H](C)C(=O)O[C@H](CC)[C@@](C)(O)[C@H](O)[C@@H](C)N(C)C[C@H](C)C[C@@]2(C)O)O[C@H](C)C[C@@H]1N(C)C. The molecule has 0 aromatic carbocycles. The summed E-state index contributed by atoms with van der Waals surface area (Å²) in [5.41, 5.74) is -4.41. The predicted molar refractivity (Wildman–Crippen MR) is 226 cm³/mol. The van der Waals surface area contributed by atoms with Gasteiger partial charge >= 0.3 is 5.97 Å². The van der Waals surface area contributed by atoms with E-state index in [-0.39, 0.29) is 43.2 Å². The predicted octanol–water partition coefficient (Wildman–Crippen LogP) is 2.84. The average molecular weight is 862 g/mol. The number of carbonyl (C=O) groups is 2. The van der Waals surface area contributed by atoms with Crippen molar-refractivity contribution in [2.75, 3.05) is 47.9 Å². The van der Waals surface area contributed by atoms with Crippen molar-refractivity contribution in [3.8, 4) is 0 Å². The number of nitrogens with zero attached hydrogens (tertiary/aromatic N) is 2. The summed E-state index contributed by atoms with van der Waals surface area (Å²) in [6, 6.07) is -0.670. The molecular weight excluding hydrogens is 778 g/mol. The van der Waals surface area contributed by atoms with Gasteiger partial charge in [0.15, 0.2) is 12.6 Å². The molecule has 0 aliphatic carbocycles. The summed E-state index contributed by atoms with van der Waals surface area (Å²) < 4.78 is 45.2. The molecule has 5 N–H and O–H groups in total. The number of esters is 1. The maximum Gasteiger partial charge on any atom is 0.311 e. The third-order valence-corrected chi connectivity index (χ3v) is 13.5. The highest BCUT2D eigenvalue weighted by Crippen LogP contribution is 2.40. The molecule has 3 aliphatic heterocycles. The minimum atomic E-state index is -1.81. The van der Waals surface area contributed by atoms with Crippen LogP contribution in [0, 0.1) is 17.8 Å². The summed E-state index contributed by atoms with van der Waals surface area (Å²) in [6.07, 6.45) is -6.58. The highest BCUT2D eigenvalue weighted by molar-refractivity contribution is 5.75. The summed E-state index contributed by atoms with van der Waals surface area (Å²) in [5.74, 6) is -2.63. The Labute approximate surface area is 360 Å². The van der Waals surface area contributed by atoms with Gasteiger partial charge in [-0.25, -0.2) is 0 Å². The first-order valence-electron chi connectivity index (χ1n) is 22.3. The molecule has 0 radical (unpaired) electrons. The van der Waals surface area contributed by atoms with Crippen LogP contribution in [0.2, 0.25) is 0 Å². The number of hydrogen-bond acceptors (Lipinski definition) is 15. The smallest absolute Gasteiger partial charge is 0.311 e. The topological polar surface area (TPSA) is 198 Å².